The summed E-state index contributed by atoms with van der Waals surface area (Å²) in [5.41, 5.74) is -1.10. The normalized spacial score (nSPS) is 15.7. The van der Waals surface area contributed by atoms with Gasteiger partial charge in [0.05, 0.1) is 21.1 Å². The van der Waals surface area contributed by atoms with Crippen molar-refractivity contribution in [2.24, 2.45) is 0 Å². The molecule has 1 aliphatic rings. The van der Waals surface area contributed by atoms with E-state index >= 15 is 0 Å². The molecule has 1 aliphatic carbocycles. The Morgan fingerprint density at radius 1 is 1.30 bits per heavy atom. The van der Waals surface area contributed by atoms with Crippen molar-refractivity contribution in [1.29, 1.82) is 5.26 Å². The maximum absolute atomic E-state index is 11.9. The summed E-state index contributed by atoms with van der Waals surface area (Å²) in [6.45, 7) is -0.541. The maximum Gasteiger partial charge on any atom is 0.359 e. The number of nitrogens with one attached hydrogen (secondary N) is 1. The van der Waals surface area contributed by atoms with Crippen LogP contribution in [-0.4, -0.2) is 29.0 Å². The summed E-state index contributed by atoms with van der Waals surface area (Å²) in [4.78, 5) is 27.5. The first-order chi connectivity index (χ1) is 10.9. The number of pyridine rings is 1. The van der Waals surface area contributed by atoms with Gasteiger partial charge in [-0.15, -0.1) is 0 Å². The lowest BCUT2D eigenvalue weighted by Gasteiger charge is -2.21. The number of carbonyl (C=O) groups excluding carboxylic acids is 2. The Hall–Kier alpha value is -1.55. The molecular formula is C14H12Cl3N3O3. The molecule has 1 amide bonds. The monoisotopic (exact) mass is 375 g/mol. The zero-order valence-corrected chi connectivity index (χ0v) is 14.1. The van der Waals surface area contributed by atoms with Crippen LogP contribution >= 0.6 is 34.8 Å². The number of aromatic nitrogens is 1. The van der Waals surface area contributed by atoms with Crippen molar-refractivity contribution in [3.8, 4) is 6.07 Å². The van der Waals surface area contributed by atoms with E-state index in [9.17, 15) is 14.9 Å². The minimum atomic E-state index is -0.902. The molecule has 23 heavy (non-hydrogen) atoms. The predicted molar refractivity (Wildman–Crippen MR) is 84.5 cm³/mol. The van der Waals surface area contributed by atoms with E-state index < -0.39 is 24.0 Å². The van der Waals surface area contributed by atoms with Crippen molar-refractivity contribution in [1.82, 2.24) is 10.3 Å². The van der Waals surface area contributed by atoms with Crippen molar-refractivity contribution < 1.29 is 14.3 Å². The molecule has 1 heterocycles. The second-order valence-corrected chi connectivity index (χ2v) is 6.27. The van der Waals surface area contributed by atoms with Crippen LogP contribution in [0.4, 0.5) is 0 Å². The lowest BCUT2D eigenvalue weighted by Crippen LogP contribution is -2.46. The van der Waals surface area contributed by atoms with Gasteiger partial charge in [-0.2, -0.15) is 5.26 Å². The quantitative estimate of drug-likeness (QED) is 0.815. The third-order valence-electron chi connectivity index (χ3n) is 3.49. The highest BCUT2D eigenvalue weighted by Gasteiger charge is 2.35. The average Bonchev–Trinajstić information content (AvgIpc) is 2.99. The van der Waals surface area contributed by atoms with Gasteiger partial charge >= 0.3 is 5.97 Å². The van der Waals surface area contributed by atoms with Gasteiger partial charge in [0, 0.05) is 6.20 Å². The van der Waals surface area contributed by atoms with E-state index in [-0.39, 0.29) is 20.8 Å². The molecule has 0 aliphatic heterocycles. The first-order valence-corrected chi connectivity index (χ1v) is 7.91. The SMILES string of the molecule is N#CC1(NC(=O)COC(=O)c2ncc(Cl)c(Cl)c2Cl)CCCC1. The van der Waals surface area contributed by atoms with E-state index in [1.54, 1.807) is 0 Å². The molecule has 6 nitrogen and oxygen atoms in total. The van der Waals surface area contributed by atoms with E-state index in [0.717, 1.165) is 19.0 Å². The van der Waals surface area contributed by atoms with Gasteiger partial charge in [0.2, 0.25) is 0 Å². The van der Waals surface area contributed by atoms with Gasteiger partial charge in [0.25, 0.3) is 5.91 Å². The van der Waals surface area contributed by atoms with Crippen LogP contribution in [0.2, 0.25) is 15.1 Å². The molecule has 9 heteroatoms. The Kier molecular flexibility index (Phi) is 5.69. The van der Waals surface area contributed by atoms with Crippen LogP contribution in [0, 0.1) is 11.3 Å². The molecule has 1 saturated carbocycles. The van der Waals surface area contributed by atoms with E-state index in [1.165, 1.54) is 0 Å². The van der Waals surface area contributed by atoms with Crippen LogP contribution in [0.5, 0.6) is 0 Å². The number of hydrogen-bond donors (Lipinski definition) is 1. The highest BCUT2D eigenvalue weighted by molar-refractivity contribution is 6.48. The van der Waals surface area contributed by atoms with Crippen LogP contribution in [0.1, 0.15) is 36.2 Å². The fourth-order valence-corrected chi connectivity index (χ4v) is 2.89. The van der Waals surface area contributed by atoms with E-state index in [1.807, 2.05) is 0 Å². The summed E-state index contributed by atoms with van der Waals surface area (Å²) in [6.07, 6.45) is 4.08. The summed E-state index contributed by atoms with van der Waals surface area (Å²) < 4.78 is 4.86. The van der Waals surface area contributed by atoms with Crippen LogP contribution in [0.25, 0.3) is 0 Å². The highest BCUT2D eigenvalue weighted by atomic mass is 35.5. The number of halogens is 3. The topological polar surface area (TPSA) is 92.1 Å². The molecule has 1 aromatic heterocycles. The second kappa shape index (κ2) is 7.35. The van der Waals surface area contributed by atoms with Gasteiger partial charge in [-0.05, 0) is 25.7 Å². The van der Waals surface area contributed by atoms with E-state index in [0.29, 0.717) is 12.8 Å². The number of esters is 1. The fraction of sp³-hybridized carbons (Fsp3) is 0.429. The molecule has 1 aromatic rings. The van der Waals surface area contributed by atoms with Crippen LogP contribution in [0.3, 0.4) is 0 Å². The van der Waals surface area contributed by atoms with E-state index in [4.69, 9.17) is 39.5 Å². The molecule has 0 radical (unpaired) electrons. The predicted octanol–water partition coefficient (Wildman–Crippen LogP) is 3.15. The van der Waals surface area contributed by atoms with Crippen LogP contribution < -0.4 is 5.32 Å². The van der Waals surface area contributed by atoms with Gasteiger partial charge in [0.15, 0.2) is 12.3 Å². The smallest absolute Gasteiger partial charge is 0.359 e. The zero-order valence-electron chi connectivity index (χ0n) is 11.9. The highest BCUT2D eigenvalue weighted by Crippen LogP contribution is 2.31. The Bertz CT molecular complexity index is 682. The Labute approximate surface area is 147 Å². The van der Waals surface area contributed by atoms with Gasteiger partial charge in [-0.25, -0.2) is 9.78 Å². The first-order valence-electron chi connectivity index (χ1n) is 6.77. The van der Waals surface area contributed by atoms with Crippen molar-refractivity contribution in [2.75, 3.05) is 6.61 Å². The minimum absolute atomic E-state index is 0.0193. The van der Waals surface area contributed by atoms with Crippen molar-refractivity contribution in [2.45, 2.75) is 31.2 Å². The number of nitrogens with zero attached hydrogens (tertiary/aromatic N) is 2. The zero-order chi connectivity index (χ0) is 17.0. The molecule has 2 rings (SSSR count). The first kappa shape index (κ1) is 17.8. The van der Waals surface area contributed by atoms with Gasteiger partial charge < -0.3 is 10.1 Å². The van der Waals surface area contributed by atoms with Crippen LogP contribution in [-0.2, 0) is 9.53 Å². The number of amides is 1. The summed E-state index contributed by atoms with van der Waals surface area (Å²) >= 11 is 17.4. The van der Waals surface area contributed by atoms with Crippen molar-refractivity contribution >= 4 is 46.7 Å². The molecule has 0 unspecified atom stereocenters. The standard InChI is InChI=1S/C14H12Cl3N3O3/c15-8-5-19-12(11(17)10(8)16)13(22)23-6-9(21)20-14(7-18)3-1-2-4-14/h5H,1-4,6H2,(H,20,21). The van der Waals surface area contributed by atoms with Crippen molar-refractivity contribution in [3.05, 3.63) is 27.0 Å². The number of carbonyl (C=O) groups is 2. The lowest BCUT2D eigenvalue weighted by molar-refractivity contribution is -0.125. The average molecular weight is 377 g/mol. The third-order valence-corrected chi connectivity index (χ3v) is 4.74. The van der Waals surface area contributed by atoms with Crippen molar-refractivity contribution in [3.63, 3.8) is 0 Å². The molecule has 0 saturated heterocycles. The maximum atomic E-state index is 11.9. The van der Waals surface area contributed by atoms with Crippen LogP contribution in [0.15, 0.2) is 6.20 Å². The second-order valence-electron chi connectivity index (χ2n) is 5.11. The molecule has 0 spiro atoms. The molecule has 1 N–H and O–H groups in total. The Morgan fingerprint density at radius 3 is 2.57 bits per heavy atom. The minimum Gasteiger partial charge on any atom is -0.451 e. The molecule has 0 bridgehead atoms. The summed E-state index contributed by atoms with van der Waals surface area (Å²) in [5, 5.41) is 11.7. The summed E-state index contributed by atoms with van der Waals surface area (Å²) in [5.74, 6) is -1.46. The largest absolute Gasteiger partial charge is 0.451 e. The fourth-order valence-electron chi connectivity index (χ4n) is 2.33. The molecule has 0 aromatic carbocycles. The molecular weight excluding hydrogens is 365 g/mol. The van der Waals surface area contributed by atoms with Gasteiger partial charge in [0.1, 0.15) is 5.54 Å². The van der Waals surface area contributed by atoms with Gasteiger partial charge in [-0.1, -0.05) is 34.8 Å². The Balaban J connectivity index is 1.96. The number of rotatable bonds is 4. The lowest BCUT2D eigenvalue weighted by atomic mass is 10.00. The molecule has 122 valence electrons. The third kappa shape index (κ3) is 4.05. The van der Waals surface area contributed by atoms with E-state index in [2.05, 4.69) is 16.4 Å². The Morgan fingerprint density at radius 2 is 1.96 bits per heavy atom. The number of nitriles is 1. The summed E-state index contributed by atoms with van der Waals surface area (Å²) in [6, 6.07) is 2.11. The number of hydrogen-bond acceptors (Lipinski definition) is 5. The summed E-state index contributed by atoms with van der Waals surface area (Å²) in [7, 11) is 0. The number of ether oxygens (including phenoxy) is 1. The molecule has 0 atom stereocenters. The molecule has 1 fully saturated rings. The van der Waals surface area contributed by atoms with Gasteiger partial charge in [-0.3, -0.25) is 4.79 Å².